The van der Waals surface area contributed by atoms with E-state index in [4.69, 9.17) is 0 Å². The number of carbonyl (C=O) groups excluding carboxylic acids is 2. The molecule has 144 valence electrons. The van der Waals surface area contributed by atoms with E-state index in [2.05, 4.69) is 20.8 Å². The van der Waals surface area contributed by atoms with Crippen LogP contribution in [0.1, 0.15) is 23.2 Å². The number of hydrogen-bond acceptors (Lipinski definition) is 6. The van der Waals surface area contributed by atoms with Gasteiger partial charge in [-0.05, 0) is 46.8 Å². The summed E-state index contributed by atoms with van der Waals surface area (Å²) in [6.45, 7) is 1.19. The van der Waals surface area contributed by atoms with Crippen molar-refractivity contribution in [2.45, 2.75) is 12.8 Å². The minimum atomic E-state index is -0.105. The quantitative estimate of drug-likeness (QED) is 0.731. The van der Waals surface area contributed by atoms with Gasteiger partial charge in [-0.2, -0.15) is 11.3 Å². The number of aryl methyl sites for hydroxylation is 1. The van der Waals surface area contributed by atoms with Gasteiger partial charge in [-0.1, -0.05) is 12.1 Å². The molecule has 2 amide bonds. The van der Waals surface area contributed by atoms with E-state index in [1.165, 1.54) is 11.3 Å². The lowest BCUT2D eigenvalue weighted by atomic mass is 9.95. The van der Waals surface area contributed by atoms with Crippen molar-refractivity contribution in [3.63, 3.8) is 0 Å². The van der Waals surface area contributed by atoms with Crippen LogP contribution in [0.3, 0.4) is 0 Å². The number of tetrazole rings is 1. The molecule has 0 atom stereocenters. The number of thiophene rings is 1. The fraction of sp³-hybridized carbons (Fsp3) is 0.316. The van der Waals surface area contributed by atoms with Gasteiger partial charge in [-0.15, -0.1) is 5.10 Å². The van der Waals surface area contributed by atoms with Gasteiger partial charge in [0.15, 0.2) is 5.82 Å². The molecule has 4 rings (SSSR count). The van der Waals surface area contributed by atoms with Crippen LogP contribution in [0.15, 0.2) is 41.1 Å². The Labute approximate surface area is 166 Å². The summed E-state index contributed by atoms with van der Waals surface area (Å²) in [5.74, 6) is 0.559. The zero-order chi connectivity index (χ0) is 19.5. The van der Waals surface area contributed by atoms with Crippen molar-refractivity contribution >= 4 is 28.8 Å². The molecule has 0 spiro atoms. The molecule has 0 saturated carbocycles. The molecule has 1 fully saturated rings. The molecule has 1 aliphatic heterocycles. The monoisotopic (exact) mass is 396 g/mol. The van der Waals surface area contributed by atoms with E-state index in [0.717, 1.165) is 11.1 Å². The van der Waals surface area contributed by atoms with Crippen LogP contribution in [0.5, 0.6) is 0 Å². The Morgan fingerprint density at radius 2 is 2.04 bits per heavy atom. The van der Waals surface area contributed by atoms with Crippen molar-refractivity contribution in [2.75, 3.05) is 18.4 Å². The number of anilines is 1. The SMILES string of the molecule is Cn1nnnc1-c1cccc(NC(=O)C2CCN(C(=O)c3ccsc3)CC2)c1. The molecule has 8 nitrogen and oxygen atoms in total. The summed E-state index contributed by atoms with van der Waals surface area (Å²) in [6, 6.07) is 9.31. The molecule has 3 aromatic rings. The van der Waals surface area contributed by atoms with E-state index in [-0.39, 0.29) is 17.7 Å². The highest BCUT2D eigenvalue weighted by molar-refractivity contribution is 7.08. The van der Waals surface area contributed by atoms with Crippen molar-refractivity contribution in [1.29, 1.82) is 0 Å². The molecule has 1 aromatic carbocycles. The van der Waals surface area contributed by atoms with Gasteiger partial charge >= 0.3 is 0 Å². The highest BCUT2D eigenvalue weighted by Gasteiger charge is 2.28. The second-order valence-corrected chi connectivity index (χ2v) is 7.55. The van der Waals surface area contributed by atoms with Crippen LogP contribution in [-0.4, -0.2) is 50.0 Å². The van der Waals surface area contributed by atoms with Crippen LogP contribution >= 0.6 is 11.3 Å². The van der Waals surface area contributed by atoms with Crippen LogP contribution in [0, 0.1) is 5.92 Å². The Hall–Kier alpha value is -3.07. The lowest BCUT2D eigenvalue weighted by Gasteiger charge is -2.31. The third-order valence-corrected chi connectivity index (χ3v) is 5.61. The Balaban J connectivity index is 1.36. The largest absolute Gasteiger partial charge is 0.339 e. The standard InChI is InChI=1S/C19H20N6O2S/c1-24-17(21-22-23-24)14-3-2-4-16(11-14)20-18(26)13-5-8-25(9-6-13)19(27)15-7-10-28-12-15/h2-4,7,10-13H,5-6,8-9H2,1H3,(H,20,26). The number of amides is 2. The summed E-state index contributed by atoms with van der Waals surface area (Å²) in [4.78, 5) is 26.9. The molecule has 2 aromatic heterocycles. The molecule has 0 unspecified atom stereocenters. The van der Waals surface area contributed by atoms with Gasteiger partial charge < -0.3 is 10.2 Å². The van der Waals surface area contributed by atoms with Crippen LogP contribution in [0.25, 0.3) is 11.4 Å². The summed E-state index contributed by atoms with van der Waals surface area (Å²) in [7, 11) is 1.77. The topological polar surface area (TPSA) is 93.0 Å². The maximum absolute atomic E-state index is 12.7. The number of nitrogens with zero attached hydrogens (tertiary/aromatic N) is 5. The maximum Gasteiger partial charge on any atom is 0.254 e. The van der Waals surface area contributed by atoms with Crippen LogP contribution in [0.2, 0.25) is 0 Å². The van der Waals surface area contributed by atoms with Gasteiger partial charge in [0.25, 0.3) is 5.91 Å². The van der Waals surface area contributed by atoms with Crippen molar-refractivity contribution < 1.29 is 9.59 Å². The minimum Gasteiger partial charge on any atom is -0.339 e. The normalized spacial score (nSPS) is 14.8. The molecule has 0 radical (unpaired) electrons. The van der Waals surface area contributed by atoms with Gasteiger partial charge in [-0.25, -0.2) is 4.68 Å². The van der Waals surface area contributed by atoms with Crippen LogP contribution in [-0.2, 0) is 11.8 Å². The first-order valence-corrected chi connectivity index (χ1v) is 10.0. The number of carbonyl (C=O) groups is 2. The first kappa shape index (κ1) is 18.3. The number of rotatable bonds is 4. The second-order valence-electron chi connectivity index (χ2n) is 6.77. The molecule has 28 heavy (non-hydrogen) atoms. The summed E-state index contributed by atoms with van der Waals surface area (Å²) >= 11 is 1.51. The zero-order valence-electron chi connectivity index (χ0n) is 15.4. The van der Waals surface area contributed by atoms with Crippen molar-refractivity contribution in [2.24, 2.45) is 13.0 Å². The zero-order valence-corrected chi connectivity index (χ0v) is 16.2. The first-order valence-electron chi connectivity index (χ1n) is 9.07. The highest BCUT2D eigenvalue weighted by atomic mass is 32.1. The van der Waals surface area contributed by atoms with Gasteiger partial charge in [0.2, 0.25) is 5.91 Å². The van der Waals surface area contributed by atoms with E-state index in [1.54, 1.807) is 11.7 Å². The predicted molar refractivity (Wildman–Crippen MR) is 106 cm³/mol. The molecule has 1 aliphatic rings. The lowest BCUT2D eigenvalue weighted by molar-refractivity contribution is -0.121. The van der Waals surface area contributed by atoms with E-state index in [9.17, 15) is 9.59 Å². The van der Waals surface area contributed by atoms with Crippen LogP contribution in [0.4, 0.5) is 5.69 Å². The average molecular weight is 396 g/mol. The van der Waals surface area contributed by atoms with Gasteiger partial charge in [0.05, 0.1) is 5.56 Å². The molecule has 0 bridgehead atoms. The minimum absolute atomic E-state index is 0.0177. The maximum atomic E-state index is 12.7. The molecule has 1 saturated heterocycles. The van der Waals surface area contributed by atoms with Gasteiger partial charge in [-0.3, -0.25) is 9.59 Å². The Kier molecular flexibility index (Phi) is 5.16. The Bertz CT molecular complexity index is 976. The third kappa shape index (κ3) is 3.79. The molecular weight excluding hydrogens is 376 g/mol. The number of likely N-dealkylation sites (tertiary alicyclic amines) is 1. The van der Waals surface area contributed by atoms with Gasteiger partial charge in [0.1, 0.15) is 0 Å². The fourth-order valence-electron chi connectivity index (χ4n) is 3.37. The molecule has 3 heterocycles. The summed E-state index contributed by atoms with van der Waals surface area (Å²) in [5, 5.41) is 18.2. The number of nitrogens with one attached hydrogen (secondary N) is 1. The van der Waals surface area contributed by atoms with Gasteiger partial charge in [0, 0.05) is 42.7 Å². The number of piperidine rings is 1. The fourth-order valence-corrected chi connectivity index (χ4v) is 4.00. The number of aromatic nitrogens is 4. The number of hydrogen-bond donors (Lipinski definition) is 1. The van der Waals surface area contributed by atoms with Crippen molar-refractivity contribution in [3.05, 3.63) is 46.7 Å². The van der Waals surface area contributed by atoms with Crippen molar-refractivity contribution in [1.82, 2.24) is 25.1 Å². The lowest BCUT2D eigenvalue weighted by Crippen LogP contribution is -2.41. The molecule has 0 aliphatic carbocycles. The van der Waals surface area contributed by atoms with E-state index >= 15 is 0 Å². The Morgan fingerprint density at radius 3 is 2.71 bits per heavy atom. The van der Waals surface area contributed by atoms with Crippen LogP contribution < -0.4 is 5.32 Å². The summed E-state index contributed by atoms with van der Waals surface area (Å²) in [6.07, 6.45) is 1.32. The summed E-state index contributed by atoms with van der Waals surface area (Å²) < 4.78 is 1.58. The smallest absolute Gasteiger partial charge is 0.254 e. The first-order chi connectivity index (χ1) is 13.6. The molecule has 1 N–H and O–H groups in total. The van der Waals surface area contributed by atoms with E-state index < -0.39 is 0 Å². The van der Waals surface area contributed by atoms with E-state index in [1.807, 2.05) is 46.0 Å². The molecule has 9 heteroatoms. The second kappa shape index (κ2) is 7.89. The number of benzene rings is 1. The van der Waals surface area contributed by atoms with Crippen molar-refractivity contribution in [3.8, 4) is 11.4 Å². The molecular formula is C19H20N6O2S. The predicted octanol–water partition coefficient (Wildman–Crippen LogP) is 2.43. The Morgan fingerprint density at radius 1 is 1.21 bits per heavy atom. The van der Waals surface area contributed by atoms with E-state index in [0.29, 0.717) is 37.4 Å². The average Bonchev–Trinajstić information content (AvgIpc) is 3.39. The third-order valence-electron chi connectivity index (χ3n) is 4.93. The summed E-state index contributed by atoms with van der Waals surface area (Å²) in [5.41, 5.74) is 2.27. The highest BCUT2D eigenvalue weighted by Crippen LogP contribution is 2.23.